The summed E-state index contributed by atoms with van der Waals surface area (Å²) in [6, 6.07) is 0. The number of rotatable bonds is 6. The molecule has 0 aromatic heterocycles. The zero-order chi connectivity index (χ0) is 14.6. The maximum Gasteiger partial charge on any atom is 0.330 e. The van der Waals surface area contributed by atoms with E-state index in [0.717, 1.165) is 6.42 Å². The molecule has 0 aliphatic heterocycles. The zero-order valence-electron chi connectivity index (χ0n) is 11.8. The van der Waals surface area contributed by atoms with Gasteiger partial charge in [-0.25, -0.2) is 9.59 Å². The lowest BCUT2D eigenvalue weighted by molar-refractivity contribution is -0.142. The quantitative estimate of drug-likeness (QED) is 0.541. The van der Waals surface area contributed by atoms with E-state index in [4.69, 9.17) is 9.47 Å². The molecule has 1 unspecified atom stereocenters. The van der Waals surface area contributed by atoms with Crippen molar-refractivity contribution in [1.82, 2.24) is 0 Å². The number of hydrogen-bond acceptors (Lipinski definition) is 4. The Bertz CT molecular complexity index is 269. The van der Waals surface area contributed by atoms with Crippen LogP contribution in [-0.2, 0) is 19.1 Å². The highest BCUT2D eigenvalue weighted by Gasteiger charge is 2.01. The summed E-state index contributed by atoms with van der Waals surface area (Å²) in [6.07, 6.45) is 3.20. The maximum absolute atomic E-state index is 10.4. The minimum Gasteiger partial charge on any atom is -0.462 e. The van der Waals surface area contributed by atoms with Crippen molar-refractivity contribution in [2.75, 3.05) is 6.61 Å². The van der Waals surface area contributed by atoms with Crippen molar-refractivity contribution in [1.29, 1.82) is 0 Å². The molecule has 18 heavy (non-hydrogen) atoms. The van der Waals surface area contributed by atoms with Crippen LogP contribution in [0.25, 0.3) is 0 Å². The van der Waals surface area contributed by atoms with E-state index in [1.807, 2.05) is 27.7 Å². The Morgan fingerprint density at radius 3 is 1.94 bits per heavy atom. The Kier molecular flexibility index (Phi) is 12.4. The first-order valence-electron chi connectivity index (χ1n) is 5.99. The summed E-state index contributed by atoms with van der Waals surface area (Å²) < 4.78 is 9.49. The van der Waals surface area contributed by atoms with Crippen LogP contribution in [0.3, 0.4) is 0 Å². The molecule has 1 atom stereocenters. The van der Waals surface area contributed by atoms with Gasteiger partial charge in [0, 0.05) is 12.2 Å². The fourth-order valence-corrected chi connectivity index (χ4v) is 0.637. The van der Waals surface area contributed by atoms with Crippen LogP contribution in [0.15, 0.2) is 25.3 Å². The van der Waals surface area contributed by atoms with Gasteiger partial charge in [0.1, 0.15) is 0 Å². The van der Waals surface area contributed by atoms with Crippen molar-refractivity contribution in [3.05, 3.63) is 25.3 Å². The smallest absolute Gasteiger partial charge is 0.330 e. The van der Waals surface area contributed by atoms with Crippen molar-refractivity contribution < 1.29 is 19.1 Å². The van der Waals surface area contributed by atoms with Crippen molar-refractivity contribution in [2.45, 2.75) is 40.2 Å². The van der Waals surface area contributed by atoms with Gasteiger partial charge in [0.15, 0.2) is 0 Å². The molecule has 0 aromatic carbocycles. The zero-order valence-corrected chi connectivity index (χ0v) is 11.8. The van der Waals surface area contributed by atoms with E-state index in [0.29, 0.717) is 12.5 Å². The Balaban J connectivity index is 0. The predicted octanol–water partition coefficient (Wildman–Crippen LogP) is 2.89. The van der Waals surface area contributed by atoms with E-state index in [9.17, 15) is 9.59 Å². The molecule has 0 amide bonds. The van der Waals surface area contributed by atoms with Gasteiger partial charge >= 0.3 is 11.9 Å². The molecule has 0 radical (unpaired) electrons. The van der Waals surface area contributed by atoms with Gasteiger partial charge in [-0.05, 0) is 19.3 Å². The number of carbonyl (C=O) groups is 2. The lowest BCUT2D eigenvalue weighted by atomic mass is 10.2. The third-order valence-electron chi connectivity index (χ3n) is 1.78. The van der Waals surface area contributed by atoms with E-state index in [1.54, 1.807) is 0 Å². The summed E-state index contributed by atoms with van der Waals surface area (Å²) >= 11 is 0. The first-order chi connectivity index (χ1) is 8.37. The molecule has 0 rings (SSSR count). The van der Waals surface area contributed by atoms with Gasteiger partial charge in [0.2, 0.25) is 0 Å². The Morgan fingerprint density at radius 1 is 1.11 bits per heavy atom. The standard InChI is InChI=1S/2C7H12O2/c1-4-7(8)9-5-6(2)3;1-4-6(3)9-7(8)5-2/h4,6H,1,5H2,2-3H3;5-6H,2,4H2,1,3H3. The third kappa shape index (κ3) is 14.4. The summed E-state index contributed by atoms with van der Waals surface area (Å²) in [6.45, 7) is 14.8. The maximum atomic E-state index is 10.4. The molecule has 4 nitrogen and oxygen atoms in total. The highest BCUT2D eigenvalue weighted by Crippen LogP contribution is 1.95. The van der Waals surface area contributed by atoms with Crippen LogP contribution in [-0.4, -0.2) is 24.6 Å². The molecule has 0 saturated heterocycles. The molecule has 4 heteroatoms. The largest absolute Gasteiger partial charge is 0.462 e. The van der Waals surface area contributed by atoms with Gasteiger partial charge in [-0.1, -0.05) is 33.9 Å². The van der Waals surface area contributed by atoms with Gasteiger partial charge < -0.3 is 9.47 Å². The molecule has 0 spiro atoms. The van der Waals surface area contributed by atoms with Crippen LogP contribution >= 0.6 is 0 Å². The Labute approximate surface area is 110 Å². The highest BCUT2D eigenvalue weighted by molar-refractivity contribution is 5.81. The topological polar surface area (TPSA) is 52.6 Å². The first-order valence-corrected chi connectivity index (χ1v) is 5.99. The second-order valence-electron chi connectivity index (χ2n) is 4.09. The van der Waals surface area contributed by atoms with Gasteiger partial charge in [-0.15, -0.1) is 0 Å². The van der Waals surface area contributed by atoms with E-state index in [-0.39, 0.29) is 18.0 Å². The molecular formula is C14H24O4. The van der Waals surface area contributed by atoms with Crippen LogP contribution in [0.2, 0.25) is 0 Å². The van der Waals surface area contributed by atoms with Crippen molar-refractivity contribution in [3.8, 4) is 0 Å². The summed E-state index contributed by atoms with van der Waals surface area (Å²) in [5, 5.41) is 0. The van der Waals surface area contributed by atoms with Crippen LogP contribution in [0.4, 0.5) is 0 Å². The molecule has 0 bridgehead atoms. The second kappa shape index (κ2) is 11.9. The lowest BCUT2D eigenvalue weighted by Crippen LogP contribution is -2.10. The SMILES string of the molecule is C=CC(=O)OC(C)CC.C=CC(=O)OCC(C)C. The van der Waals surface area contributed by atoms with Gasteiger partial charge in [-0.3, -0.25) is 0 Å². The Morgan fingerprint density at radius 2 is 1.61 bits per heavy atom. The molecule has 104 valence electrons. The molecular weight excluding hydrogens is 232 g/mol. The molecule has 0 aliphatic rings. The van der Waals surface area contributed by atoms with Gasteiger partial charge in [-0.2, -0.15) is 0 Å². The summed E-state index contributed by atoms with van der Waals surface area (Å²) in [5.74, 6) is -0.290. The van der Waals surface area contributed by atoms with E-state index in [2.05, 4.69) is 13.2 Å². The average molecular weight is 256 g/mol. The van der Waals surface area contributed by atoms with E-state index >= 15 is 0 Å². The van der Waals surface area contributed by atoms with Crippen LogP contribution in [0.1, 0.15) is 34.1 Å². The molecule has 0 heterocycles. The number of hydrogen-bond donors (Lipinski definition) is 0. The van der Waals surface area contributed by atoms with E-state index < -0.39 is 0 Å². The summed E-state index contributed by atoms with van der Waals surface area (Å²) in [4.78, 5) is 20.8. The van der Waals surface area contributed by atoms with Crippen LogP contribution in [0, 0.1) is 5.92 Å². The van der Waals surface area contributed by atoms with Crippen molar-refractivity contribution in [2.24, 2.45) is 5.92 Å². The minimum atomic E-state index is -0.344. The molecule has 0 fully saturated rings. The molecule has 0 aromatic rings. The number of ether oxygens (including phenoxy) is 2. The Hall–Kier alpha value is -1.58. The van der Waals surface area contributed by atoms with Gasteiger partial charge in [0.05, 0.1) is 12.7 Å². The van der Waals surface area contributed by atoms with Crippen LogP contribution < -0.4 is 0 Å². The molecule has 0 N–H and O–H groups in total. The molecule has 0 saturated carbocycles. The van der Waals surface area contributed by atoms with Crippen LogP contribution in [0.5, 0.6) is 0 Å². The summed E-state index contributed by atoms with van der Waals surface area (Å²) in [7, 11) is 0. The fraction of sp³-hybridized carbons (Fsp3) is 0.571. The number of carbonyl (C=O) groups excluding carboxylic acids is 2. The summed E-state index contributed by atoms with van der Waals surface area (Å²) in [5.41, 5.74) is 0. The predicted molar refractivity (Wildman–Crippen MR) is 72.0 cm³/mol. The molecule has 0 aliphatic carbocycles. The lowest BCUT2D eigenvalue weighted by Gasteiger charge is -2.07. The average Bonchev–Trinajstić information content (AvgIpc) is 2.36. The fourth-order valence-electron chi connectivity index (χ4n) is 0.637. The highest BCUT2D eigenvalue weighted by atomic mass is 16.5. The van der Waals surface area contributed by atoms with Gasteiger partial charge in [0.25, 0.3) is 0 Å². The monoisotopic (exact) mass is 256 g/mol. The van der Waals surface area contributed by atoms with Crippen molar-refractivity contribution >= 4 is 11.9 Å². The minimum absolute atomic E-state index is 0.00972. The van der Waals surface area contributed by atoms with Crippen molar-refractivity contribution in [3.63, 3.8) is 0 Å². The first kappa shape index (κ1) is 18.8. The normalized spacial score (nSPS) is 10.7. The number of esters is 2. The third-order valence-corrected chi connectivity index (χ3v) is 1.78. The second-order valence-corrected chi connectivity index (χ2v) is 4.09. The van der Waals surface area contributed by atoms with E-state index in [1.165, 1.54) is 12.2 Å².